The molecule has 35 heavy (non-hydrogen) atoms. The second-order valence-electron chi connectivity index (χ2n) is 7.38. The monoisotopic (exact) mass is 525 g/mol. The van der Waals surface area contributed by atoms with Crippen LogP contribution in [-0.2, 0) is 29.1 Å². The van der Waals surface area contributed by atoms with Crippen molar-refractivity contribution >= 4 is 45.0 Å². The first-order valence-corrected chi connectivity index (χ1v) is 11.7. The Labute approximate surface area is 197 Å². The van der Waals surface area contributed by atoms with Crippen LogP contribution in [0.3, 0.4) is 0 Å². The van der Waals surface area contributed by atoms with Crippen LogP contribution in [0.5, 0.6) is 0 Å². The molecule has 0 unspecified atom stereocenters. The number of halogens is 3. The molecule has 2 aliphatic rings. The van der Waals surface area contributed by atoms with E-state index >= 15 is 0 Å². The zero-order valence-corrected chi connectivity index (χ0v) is 18.9. The predicted octanol–water partition coefficient (Wildman–Crippen LogP) is 0.398. The lowest BCUT2D eigenvalue weighted by Crippen LogP contribution is -2.37. The van der Waals surface area contributed by atoms with E-state index in [2.05, 4.69) is 9.62 Å². The van der Waals surface area contributed by atoms with E-state index in [-0.39, 0.29) is 22.7 Å². The number of nitrogens with zero attached hydrogens (tertiary/aromatic N) is 2. The Kier molecular flexibility index (Phi) is 9.17. The average molecular weight is 525 g/mol. The summed E-state index contributed by atoms with van der Waals surface area (Å²) in [6, 6.07) is 4.03. The largest absolute Gasteiger partial charge is 0.490 e. The number of sulfonamides is 1. The van der Waals surface area contributed by atoms with E-state index in [0.29, 0.717) is 26.2 Å². The van der Waals surface area contributed by atoms with Crippen LogP contribution < -0.4 is 9.62 Å². The number of alkyl halides is 3. The van der Waals surface area contributed by atoms with Gasteiger partial charge in [-0.3, -0.25) is 28.9 Å². The van der Waals surface area contributed by atoms with Crippen LogP contribution in [0.1, 0.15) is 16.8 Å². The Hall–Kier alpha value is -3.24. The molecule has 194 valence electrons. The number of nitrogens with one attached hydrogen (secondary N) is 1. The minimum Gasteiger partial charge on any atom is -0.480 e. The number of aliphatic carboxylic acids is 2. The van der Waals surface area contributed by atoms with Crippen LogP contribution in [0.2, 0.25) is 0 Å². The Bertz CT molecular complexity index is 1090. The van der Waals surface area contributed by atoms with Gasteiger partial charge in [0.05, 0.1) is 30.2 Å². The molecule has 2 heterocycles. The Morgan fingerprint density at radius 3 is 2.26 bits per heavy atom. The van der Waals surface area contributed by atoms with Gasteiger partial charge >= 0.3 is 18.1 Å². The Morgan fingerprint density at radius 2 is 1.71 bits per heavy atom. The number of hydrogen-bond acceptors (Lipinski definition) is 8. The zero-order valence-electron chi connectivity index (χ0n) is 18.1. The first-order valence-electron chi connectivity index (χ1n) is 10.0. The van der Waals surface area contributed by atoms with E-state index in [1.165, 1.54) is 18.2 Å². The molecule has 1 amide bonds. The number of benzene rings is 1. The van der Waals surface area contributed by atoms with Crippen molar-refractivity contribution in [2.45, 2.75) is 12.6 Å². The fourth-order valence-electron chi connectivity index (χ4n) is 3.19. The standard InChI is InChI=1S/C17H21N3O7S.C2HF3O2/c21-15(22)11-20-14-3-2-12(10-13(14)16(23)17(20)24)18-28(25,26)9-1-4-19-5-7-27-8-6-19;3-2(4,5)1(6)7/h2-3,10,18H,1,4-9,11H2,(H,21,22);(H,6,7). The van der Waals surface area contributed by atoms with Crippen LogP contribution in [0.4, 0.5) is 24.5 Å². The first-order chi connectivity index (χ1) is 16.2. The lowest BCUT2D eigenvalue weighted by molar-refractivity contribution is -0.192. The molecular formula is C19H22F3N3O9S. The molecule has 1 aromatic rings. The first kappa shape index (κ1) is 28.0. The molecule has 0 aromatic heterocycles. The maximum absolute atomic E-state index is 12.3. The number of carboxylic acids is 2. The third-order valence-corrected chi connectivity index (χ3v) is 6.14. The number of ketones is 1. The van der Waals surface area contributed by atoms with Gasteiger partial charge in [0.15, 0.2) is 0 Å². The maximum Gasteiger partial charge on any atom is 0.490 e. The summed E-state index contributed by atoms with van der Waals surface area (Å²) in [4.78, 5) is 46.8. The SMILES string of the molecule is O=C(O)C(F)(F)F.O=C(O)CN1C(=O)C(=O)c2cc(NS(=O)(=O)CCCN3CCOCC3)ccc21. The van der Waals surface area contributed by atoms with E-state index in [0.717, 1.165) is 18.0 Å². The van der Waals surface area contributed by atoms with Crippen molar-refractivity contribution in [3.05, 3.63) is 23.8 Å². The fourth-order valence-corrected chi connectivity index (χ4v) is 4.29. The summed E-state index contributed by atoms with van der Waals surface area (Å²) in [5, 5.41) is 16.0. The summed E-state index contributed by atoms with van der Waals surface area (Å²) >= 11 is 0. The summed E-state index contributed by atoms with van der Waals surface area (Å²) in [5.41, 5.74) is 0.302. The highest BCUT2D eigenvalue weighted by molar-refractivity contribution is 7.92. The zero-order chi connectivity index (χ0) is 26.4. The van der Waals surface area contributed by atoms with Gasteiger partial charge in [-0.15, -0.1) is 0 Å². The van der Waals surface area contributed by atoms with Crippen molar-refractivity contribution < 1.29 is 55.7 Å². The summed E-state index contributed by atoms with van der Waals surface area (Å²) in [6.45, 7) is 2.86. The summed E-state index contributed by atoms with van der Waals surface area (Å²) in [6.07, 6.45) is -4.63. The highest BCUT2D eigenvalue weighted by atomic mass is 32.2. The molecule has 0 saturated carbocycles. The molecule has 12 nitrogen and oxygen atoms in total. The van der Waals surface area contributed by atoms with Gasteiger partial charge in [0.1, 0.15) is 6.54 Å². The van der Waals surface area contributed by atoms with Gasteiger partial charge in [0, 0.05) is 18.8 Å². The number of carbonyl (C=O) groups excluding carboxylic acids is 2. The van der Waals surface area contributed by atoms with Crippen LogP contribution in [0, 0.1) is 0 Å². The normalized spacial score (nSPS) is 16.4. The maximum atomic E-state index is 12.3. The molecule has 0 atom stereocenters. The van der Waals surface area contributed by atoms with Crippen molar-refractivity contribution in [1.29, 1.82) is 0 Å². The number of amides is 1. The van der Waals surface area contributed by atoms with Gasteiger partial charge in [0.2, 0.25) is 10.0 Å². The van der Waals surface area contributed by atoms with E-state index in [9.17, 15) is 36.0 Å². The van der Waals surface area contributed by atoms with E-state index in [4.69, 9.17) is 19.7 Å². The minimum absolute atomic E-state index is 0.0141. The molecule has 3 N–H and O–H groups in total. The molecule has 1 fully saturated rings. The average Bonchev–Trinajstić information content (AvgIpc) is 2.98. The van der Waals surface area contributed by atoms with Crippen molar-refractivity contribution in [2.24, 2.45) is 0 Å². The number of carboxylic acid groups (broad SMARTS) is 2. The van der Waals surface area contributed by atoms with Gasteiger partial charge in [-0.2, -0.15) is 13.2 Å². The van der Waals surface area contributed by atoms with Gasteiger partial charge in [-0.1, -0.05) is 0 Å². The minimum atomic E-state index is -5.08. The molecule has 0 radical (unpaired) electrons. The topological polar surface area (TPSA) is 171 Å². The highest BCUT2D eigenvalue weighted by Gasteiger charge is 2.38. The number of morpholine rings is 1. The smallest absolute Gasteiger partial charge is 0.480 e. The lowest BCUT2D eigenvalue weighted by atomic mass is 10.1. The van der Waals surface area contributed by atoms with Crippen molar-refractivity contribution in [3.63, 3.8) is 0 Å². The fraction of sp³-hybridized carbons (Fsp3) is 0.474. The molecular weight excluding hydrogens is 503 g/mol. The molecule has 1 saturated heterocycles. The van der Waals surface area contributed by atoms with Gasteiger partial charge in [0.25, 0.3) is 11.7 Å². The summed E-state index contributed by atoms with van der Waals surface area (Å²) in [5.74, 6) is -5.89. The number of ether oxygens (including phenoxy) is 1. The third kappa shape index (κ3) is 8.18. The summed E-state index contributed by atoms with van der Waals surface area (Å²) in [7, 11) is -3.63. The number of carbonyl (C=O) groups is 4. The number of anilines is 2. The van der Waals surface area contributed by atoms with E-state index < -0.39 is 46.4 Å². The number of fused-ring (bicyclic) bond motifs is 1. The van der Waals surface area contributed by atoms with Crippen molar-refractivity contribution in [2.75, 3.05) is 54.8 Å². The molecule has 3 rings (SSSR count). The van der Waals surface area contributed by atoms with Crippen molar-refractivity contribution in [3.8, 4) is 0 Å². The van der Waals surface area contributed by atoms with Gasteiger partial charge in [-0.25, -0.2) is 13.2 Å². The lowest BCUT2D eigenvalue weighted by Gasteiger charge is -2.26. The van der Waals surface area contributed by atoms with E-state index in [1.54, 1.807) is 0 Å². The molecule has 1 aromatic carbocycles. The van der Waals surface area contributed by atoms with Crippen LogP contribution in [0.15, 0.2) is 18.2 Å². The summed E-state index contributed by atoms with van der Waals surface area (Å²) < 4.78 is 64.0. The molecule has 0 bridgehead atoms. The predicted molar refractivity (Wildman–Crippen MR) is 114 cm³/mol. The van der Waals surface area contributed by atoms with Crippen LogP contribution in [0.25, 0.3) is 0 Å². The van der Waals surface area contributed by atoms with E-state index in [1.807, 2.05) is 0 Å². The molecule has 0 spiro atoms. The Morgan fingerprint density at radius 1 is 1.11 bits per heavy atom. The van der Waals surface area contributed by atoms with Crippen LogP contribution >= 0.6 is 0 Å². The third-order valence-electron chi connectivity index (χ3n) is 4.77. The van der Waals surface area contributed by atoms with Gasteiger partial charge < -0.3 is 14.9 Å². The van der Waals surface area contributed by atoms with Crippen LogP contribution in [-0.4, -0.2) is 98.5 Å². The van der Waals surface area contributed by atoms with Crippen molar-refractivity contribution in [1.82, 2.24) is 4.90 Å². The number of rotatable bonds is 8. The Balaban J connectivity index is 0.000000540. The quantitative estimate of drug-likeness (QED) is 0.404. The number of Topliss-reactive ketones (excluding diaryl/α,β-unsaturated/α-hetero) is 1. The molecule has 2 aliphatic heterocycles. The second kappa shape index (κ2) is 11.5. The van der Waals surface area contributed by atoms with Gasteiger partial charge in [-0.05, 0) is 31.2 Å². The number of hydrogen-bond donors (Lipinski definition) is 3. The molecule has 16 heteroatoms. The second-order valence-corrected chi connectivity index (χ2v) is 9.22. The molecule has 0 aliphatic carbocycles. The highest BCUT2D eigenvalue weighted by Crippen LogP contribution is 2.31.